The molecule has 0 amide bonds. The van der Waals surface area contributed by atoms with Gasteiger partial charge in [0.2, 0.25) is 5.78 Å². The SMILES string of the molecule is Cc1ccsc1C(=O)CC(=O)C(=O)O. The lowest BCUT2D eigenvalue weighted by Crippen LogP contribution is -2.16. The highest BCUT2D eigenvalue weighted by Crippen LogP contribution is 2.17. The molecule has 0 saturated heterocycles. The predicted octanol–water partition coefficient (Wildman–Crippen LogP) is 1.28. The second kappa shape index (κ2) is 4.15. The van der Waals surface area contributed by atoms with Crippen LogP contribution >= 0.6 is 11.3 Å². The first-order valence-electron chi connectivity index (χ1n) is 3.85. The van der Waals surface area contributed by atoms with E-state index in [1.54, 1.807) is 18.4 Å². The largest absolute Gasteiger partial charge is 0.475 e. The van der Waals surface area contributed by atoms with Gasteiger partial charge in [-0.3, -0.25) is 9.59 Å². The molecule has 0 aliphatic rings. The fraction of sp³-hybridized carbons (Fsp3) is 0.222. The van der Waals surface area contributed by atoms with Gasteiger partial charge < -0.3 is 5.11 Å². The molecule has 0 atom stereocenters. The Morgan fingerprint density at radius 3 is 2.50 bits per heavy atom. The van der Waals surface area contributed by atoms with Gasteiger partial charge in [0, 0.05) is 0 Å². The van der Waals surface area contributed by atoms with E-state index in [9.17, 15) is 14.4 Å². The van der Waals surface area contributed by atoms with Gasteiger partial charge >= 0.3 is 5.97 Å². The highest BCUT2D eigenvalue weighted by Gasteiger charge is 2.19. The summed E-state index contributed by atoms with van der Waals surface area (Å²) in [6.07, 6.45) is -0.559. The van der Waals surface area contributed by atoms with Crippen molar-refractivity contribution in [2.45, 2.75) is 13.3 Å². The third-order valence-electron chi connectivity index (χ3n) is 1.67. The molecule has 0 aliphatic carbocycles. The summed E-state index contributed by atoms with van der Waals surface area (Å²) in [7, 11) is 0. The second-order valence-corrected chi connectivity index (χ2v) is 3.68. The molecule has 0 aliphatic heterocycles. The minimum absolute atomic E-state index is 0.426. The van der Waals surface area contributed by atoms with Gasteiger partial charge in [-0.2, -0.15) is 0 Å². The van der Waals surface area contributed by atoms with Crippen molar-refractivity contribution in [1.29, 1.82) is 0 Å². The Bertz CT molecular complexity index is 391. The maximum absolute atomic E-state index is 11.4. The topological polar surface area (TPSA) is 71.4 Å². The molecule has 1 rings (SSSR count). The van der Waals surface area contributed by atoms with Crippen molar-refractivity contribution in [1.82, 2.24) is 0 Å². The van der Waals surface area contributed by atoms with Gasteiger partial charge in [-0.25, -0.2) is 4.79 Å². The van der Waals surface area contributed by atoms with Gasteiger partial charge in [-0.15, -0.1) is 11.3 Å². The van der Waals surface area contributed by atoms with E-state index in [4.69, 9.17) is 5.11 Å². The summed E-state index contributed by atoms with van der Waals surface area (Å²) in [6.45, 7) is 1.75. The van der Waals surface area contributed by atoms with Gasteiger partial charge in [0.1, 0.15) is 0 Å². The van der Waals surface area contributed by atoms with E-state index in [2.05, 4.69) is 0 Å². The Labute approximate surface area is 84.2 Å². The Hall–Kier alpha value is -1.49. The number of aliphatic carboxylic acids is 1. The van der Waals surface area contributed by atoms with Crippen LogP contribution in [0, 0.1) is 6.92 Å². The lowest BCUT2D eigenvalue weighted by atomic mass is 10.1. The molecule has 0 spiro atoms. The Morgan fingerprint density at radius 2 is 2.07 bits per heavy atom. The zero-order chi connectivity index (χ0) is 10.7. The lowest BCUT2D eigenvalue weighted by Gasteiger charge is -1.95. The fourth-order valence-corrected chi connectivity index (χ4v) is 1.83. The molecule has 0 bridgehead atoms. The number of thiophene rings is 1. The first-order valence-corrected chi connectivity index (χ1v) is 4.73. The number of rotatable bonds is 4. The molecule has 4 nitrogen and oxygen atoms in total. The van der Waals surface area contributed by atoms with E-state index in [1.165, 1.54) is 11.3 Å². The molecular formula is C9H8O4S. The molecule has 1 aromatic rings. The first kappa shape index (κ1) is 10.6. The van der Waals surface area contributed by atoms with Crippen molar-refractivity contribution in [2.24, 2.45) is 0 Å². The second-order valence-electron chi connectivity index (χ2n) is 2.76. The van der Waals surface area contributed by atoms with Crippen molar-refractivity contribution < 1.29 is 19.5 Å². The number of ketones is 2. The highest BCUT2D eigenvalue weighted by molar-refractivity contribution is 7.12. The number of hydrogen-bond acceptors (Lipinski definition) is 4. The van der Waals surface area contributed by atoms with E-state index in [0.717, 1.165) is 5.56 Å². The molecule has 5 heteroatoms. The van der Waals surface area contributed by atoms with Crippen LogP contribution in [-0.4, -0.2) is 22.6 Å². The monoisotopic (exact) mass is 212 g/mol. The molecule has 0 aromatic carbocycles. The summed E-state index contributed by atoms with van der Waals surface area (Å²) in [4.78, 5) is 32.8. The van der Waals surface area contributed by atoms with Crippen molar-refractivity contribution in [3.8, 4) is 0 Å². The van der Waals surface area contributed by atoms with Crippen LogP contribution in [0.4, 0.5) is 0 Å². The first-order chi connectivity index (χ1) is 6.52. The van der Waals surface area contributed by atoms with Crippen molar-refractivity contribution >= 4 is 28.9 Å². The maximum Gasteiger partial charge on any atom is 0.372 e. The summed E-state index contributed by atoms with van der Waals surface area (Å²) >= 11 is 1.22. The number of carbonyl (C=O) groups is 3. The summed E-state index contributed by atoms with van der Waals surface area (Å²) in [5.74, 6) is -3.06. The molecule has 1 heterocycles. The van der Waals surface area contributed by atoms with Gasteiger partial charge in [0.15, 0.2) is 5.78 Å². The van der Waals surface area contributed by atoms with E-state index >= 15 is 0 Å². The summed E-state index contributed by atoms with van der Waals surface area (Å²) in [5.41, 5.74) is 0.776. The number of carbonyl (C=O) groups excluding carboxylic acids is 2. The van der Waals surface area contributed by atoms with E-state index < -0.39 is 24.0 Å². The third kappa shape index (κ3) is 2.26. The standard InChI is InChI=1S/C9H8O4S/c1-5-2-3-14-8(5)6(10)4-7(11)9(12)13/h2-3H,4H2,1H3,(H,12,13). The lowest BCUT2D eigenvalue weighted by molar-refractivity contribution is -0.148. The highest BCUT2D eigenvalue weighted by atomic mass is 32.1. The van der Waals surface area contributed by atoms with E-state index in [1.807, 2.05) is 0 Å². The molecule has 1 N–H and O–H groups in total. The minimum atomic E-state index is -1.56. The van der Waals surface area contributed by atoms with Crippen LogP contribution < -0.4 is 0 Å². The number of carboxylic acids is 1. The summed E-state index contributed by atoms with van der Waals surface area (Å²) < 4.78 is 0. The van der Waals surface area contributed by atoms with Crippen molar-refractivity contribution in [3.05, 3.63) is 21.9 Å². The number of Topliss-reactive ketones (excluding diaryl/α,β-unsaturated/α-hetero) is 2. The van der Waals surface area contributed by atoms with Crippen LogP contribution in [0.2, 0.25) is 0 Å². The normalized spacial score (nSPS) is 9.79. The van der Waals surface area contributed by atoms with Gasteiger partial charge in [0.25, 0.3) is 0 Å². The van der Waals surface area contributed by atoms with Crippen LogP contribution in [0.15, 0.2) is 11.4 Å². The fourth-order valence-electron chi connectivity index (χ4n) is 0.960. The zero-order valence-electron chi connectivity index (χ0n) is 7.44. The quantitative estimate of drug-likeness (QED) is 0.463. The molecule has 0 saturated carbocycles. The van der Waals surface area contributed by atoms with Crippen LogP contribution in [-0.2, 0) is 9.59 Å². The molecule has 0 radical (unpaired) electrons. The van der Waals surface area contributed by atoms with Crippen molar-refractivity contribution in [3.63, 3.8) is 0 Å². The molecule has 0 unspecified atom stereocenters. The van der Waals surface area contributed by atoms with Gasteiger partial charge in [-0.1, -0.05) is 0 Å². The van der Waals surface area contributed by atoms with Crippen LogP contribution in [0.25, 0.3) is 0 Å². The Kier molecular flexibility index (Phi) is 3.14. The number of aryl methyl sites for hydroxylation is 1. The molecule has 14 heavy (non-hydrogen) atoms. The van der Waals surface area contributed by atoms with Crippen molar-refractivity contribution in [2.75, 3.05) is 0 Å². The van der Waals surface area contributed by atoms with Crippen LogP contribution in [0.5, 0.6) is 0 Å². The number of carboxylic acid groups (broad SMARTS) is 1. The average molecular weight is 212 g/mol. The Morgan fingerprint density at radius 1 is 1.43 bits per heavy atom. The van der Waals surface area contributed by atoms with Crippen LogP contribution in [0.1, 0.15) is 21.7 Å². The Balaban J connectivity index is 2.74. The summed E-state index contributed by atoms with van der Waals surface area (Å²) in [5, 5.41) is 10.0. The van der Waals surface area contributed by atoms with E-state index in [-0.39, 0.29) is 0 Å². The van der Waals surface area contributed by atoms with Gasteiger partial charge in [-0.05, 0) is 23.9 Å². The van der Waals surface area contributed by atoms with Gasteiger partial charge in [0.05, 0.1) is 11.3 Å². The minimum Gasteiger partial charge on any atom is -0.475 e. The number of hydrogen-bond donors (Lipinski definition) is 1. The molecule has 74 valence electrons. The molecule has 0 fully saturated rings. The third-order valence-corrected chi connectivity index (χ3v) is 2.73. The smallest absolute Gasteiger partial charge is 0.372 e. The van der Waals surface area contributed by atoms with Crippen LogP contribution in [0.3, 0.4) is 0 Å². The molecular weight excluding hydrogens is 204 g/mol. The maximum atomic E-state index is 11.4. The zero-order valence-corrected chi connectivity index (χ0v) is 8.26. The molecule has 1 aromatic heterocycles. The summed E-state index contributed by atoms with van der Waals surface area (Å²) in [6, 6.07) is 1.75. The average Bonchev–Trinajstić information content (AvgIpc) is 2.51. The predicted molar refractivity (Wildman–Crippen MR) is 50.6 cm³/mol. The van der Waals surface area contributed by atoms with E-state index in [0.29, 0.717) is 4.88 Å².